The number of H-pyrrole nitrogens is 1. The number of Topliss-reactive ketones (excluding diaryl/α,β-unsaturated/α-hetero) is 1. The number of nitrogens with zero attached hydrogens (tertiary/aromatic N) is 2. The van der Waals surface area contributed by atoms with Gasteiger partial charge in [-0.3, -0.25) is 14.7 Å². The molecule has 3 rings (SSSR count). The summed E-state index contributed by atoms with van der Waals surface area (Å²) in [4.78, 5) is 25.5. The highest BCUT2D eigenvalue weighted by molar-refractivity contribution is 6.36. The van der Waals surface area contributed by atoms with Crippen LogP contribution in [-0.2, 0) is 9.59 Å². The highest BCUT2D eigenvalue weighted by atomic mass is 19.1. The first kappa shape index (κ1) is 17.3. The van der Waals surface area contributed by atoms with Gasteiger partial charge in [-0.05, 0) is 37.0 Å². The summed E-state index contributed by atoms with van der Waals surface area (Å²) in [6, 6.07) is 6.46. The molecule has 0 unspecified atom stereocenters. The van der Waals surface area contributed by atoms with Crippen LogP contribution in [-0.4, -0.2) is 39.9 Å². The van der Waals surface area contributed by atoms with Crippen molar-refractivity contribution >= 4 is 11.7 Å². The van der Waals surface area contributed by atoms with Crippen LogP contribution >= 0.6 is 0 Å². The molecule has 1 saturated heterocycles. The number of aromatic nitrogens is 2. The standard InChI is InChI=1S/C19H22FN3O2/c1-2-4-17(24)19(25)23-9-7-13(8-10-23)18-16(12-21-22-18)14-5-3-6-15(20)11-14/h3,5-6,11-13H,2,4,7-10H2,1H3,(H,21,22). The molecule has 1 amide bonds. The Morgan fingerprint density at radius 3 is 2.76 bits per heavy atom. The van der Waals surface area contributed by atoms with E-state index in [2.05, 4.69) is 10.2 Å². The molecule has 2 heterocycles. The number of amides is 1. The fourth-order valence-corrected chi connectivity index (χ4v) is 3.37. The summed E-state index contributed by atoms with van der Waals surface area (Å²) >= 11 is 0. The second kappa shape index (κ2) is 7.59. The van der Waals surface area contributed by atoms with Gasteiger partial charge in [0.05, 0.1) is 6.20 Å². The summed E-state index contributed by atoms with van der Waals surface area (Å²) in [5.41, 5.74) is 2.66. The fraction of sp³-hybridized carbons (Fsp3) is 0.421. The Balaban J connectivity index is 1.69. The van der Waals surface area contributed by atoms with Gasteiger partial charge < -0.3 is 4.90 Å². The number of halogens is 1. The van der Waals surface area contributed by atoms with Crippen LogP contribution in [0.2, 0.25) is 0 Å². The second-order valence-corrected chi connectivity index (χ2v) is 6.45. The Morgan fingerprint density at radius 2 is 2.08 bits per heavy atom. The number of aromatic amines is 1. The minimum Gasteiger partial charge on any atom is -0.336 e. The molecule has 1 aromatic heterocycles. The maximum absolute atomic E-state index is 13.5. The Kier molecular flexibility index (Phi) is 5.26. The maximum atomic E-state index is 13.5. The largest absolute Gasteiger partial charge is 0.336 e. The Bertz CT molecular complexity index is 764. The molecule has 25 heavy (non-hydrogen) atoms. The molecule has 0 bridgehead atoms. The summed E-state index contributed by atoms with van der Waals surface area (Å²) in [5.74, 6) is -0.733. The first-order chi connectivity index (χ1) is 12.1. The van der Waals surface area contributed by atoms with E-state index in [-0.39, 0.29) is 23.4 Å². The van der Waals surface area contributed by atoms with E-state index in [1.165, 1.54) is 12.1 Å². The number of ketones is 1. The average molecular weight is 343 g/mol. The van der Waals surface area contributed by atoms with Crippen molar-refractivity contribution in [2.75, 3.05) is 13.1 Å². The van der Waals surface area contributed by atoms with E-state index in [1.54, 1.807) is 17.2 Å². The first-order valence-corrected chi connectivity index (χ1v) is 8.71. The van der Waals surface area contributed by atoms with Gasteiger partial charge in [-0.2, -0.15) is 5.10 Å². The van der Waals surface area contributed by atoms with Gasteiger partial charge in [0.25, 0.3) is 5.91 Å². The first-order valence-electron chi connectivity index (χ1n) is 8.71. The zero-order valence-electron chi connectivity index (χ0n) is 14.3. The molecule has 0 atom stereocenters. The third kappa shape index (κ3) is 3.78. The predicted molar refractivity (Wildman–Crippen MR) is 92.5 cm³/mol. The number of hydrogen-bond acceptors (Lipinski definition) is 3. The number of hydrogen-bond donors (Lipinski definition) is 1. The highest BCUT2D eigenvalue weighted by Crippen LogP contribution is 2.34. The third-order valence-electron chi connectivity index (χ3n) is 4.71. The number of rotatable bonds is 5. The molecule has 5 nitrogen and oxygen atoms in total. The van der Waals surface area contributed by atoms with E-state index in [0.29, 0.717) is 25.9 Å². The molecule has 132 valence electrons. The van der Waals surface area contributed by atoms with Gasteiger partial charge in [0, 0.05) is 36.7 Å². The number of carbonyl (C=O) groups excluding carboxylic acids is 2. The molecular formula is C19H22FN3O2. The average Bonchev–Trinajstić information content (AvgIpc) is 3.11. The van der Waals surface area contributed by atoms with Gasteiger partial charge in [-0.1, -0.05) is 19.1 Å². The molecule has 1 aromatic carbocycles. The molecule has 6 heteroatoms. The molecule has 1 aliphatic rings. The van der Waals surface area contributed by atoms with E-state index in [1.807, 2.05) is 13.0 Å². The predicted octanol–water partition coefficient (Wildman–Crippen LogP) is 3.29. The summed E-state index contributed by atoms with van der Waals surface area (Å²) < 4.78 is 13.5. The molecule has 0 radical (unpaired) electrons. The Hall–Kier alpha value is -2.50. The van der Waals surface area contributed by atoms with Crippen molar-refractivity contribution in [2.24, 2.45) is 0 Å². The smallest absolute Gasteiger partial charge is 0.289 e. The molecule has 1 aliphatic heterocycles. The zero-order valence-corrected chi connectivity index (χ0v) is 14.3. The Morgan fingerprint density at radius 1 is 1.32 bits per heavy atom. The van der Waals surface area contributed by atoms with Crippen LogP contribution < -0.4 is 0 Å². The van der Waals surface area contributed by atoms with Gasteiger partial charge in [-0.15, -0.1) is 0 Å². The van der Waals surface area contributed by atoms with Crippen molar-refractivity contribution in [1.82, 2.24) is 15.1 Å². The van der Waals surface area contributed by atoms with Crippen LogP contribution in [0.5, 0.6) is 0 Å². The van der Waals surface area contributed by atoms with E-state index in [4.69, 9.17) is 0 Å². The van der Waals surface area contributed by atoms with Crippen LogP contribution in [0.15, 0.2) is 30.5 Å². The van der Waals surface area contributed by atoms with Crippen molar-refractivity contribution in [3.05, 3.63) is 42.0 Å². The number of piperidine rings is 1. The highest BCUT2D eigenvalue weighted by Gasteiger charge is 2.29. The molecule has 1 fully saturated rings. The van der Waals surface area contributed by atoms with Crippen LogP contribution in [0, 0.1) is 5.82 Å². The van der Waals surface area contributed by atoms with Crippen LogP contribution in [0.1, 0.15) is 44.2 Å². The van der Waals surface area contributed by atoms with Gasteiger partial charge in [-0.25, -0.2) is 4.39 Å². The summed E-state index contributed by atoms with van der Waals surface area (Å²) in [6.45, 7) is 3.00. The van der Waals surface area contributed by atoms with Gasteiger partial charge in [0.15, 0.2) is 0 Å². The number of carbonyl (C=O) groups is 2. The van der Waals surface area contributed by atoms with Crippen molar-refractivity contribution < 1.29 is 14.0 Å². The fourth-order valence-electron chi connectivity index (χ4n) is 3.37. The molecule has 0 aliphatic carbocycles. The second-order valence-electron chi connectivity index (χ2n) is 6.45. The van der Waals surface area contributed by atoms with Crippen molar-refractivity contribution in [1.29, 1.82) is 0 Å². The molecule has 1 N–H and O–H groups in total. The summed E-state index contributed by atoms with van der Waals surface area (Å²) in [5, 5.41) is 7.17. The van der Waals surface area contributed by atoms with Gasteiger partial charge in [0.2, 0.25) is 5.78 Å². The minimum atomic E-state index is -0.365. The molecule has 0 saturated carbocycles. The lowest BCUT2D eigenvalue weighted by Crippen LogP contribution is -2.41. The summed E-state index contributed by atoms with van der Waals surface area (Å²) in [7, 11) is 0. The molecule has 2 aromatic rings. The topological polar surface area (TPSA) is 66.1 Å². The van der Waals surface area contributed by atoms with E-state index in [9.17, 15) is 14.0 Å². The quantitative estimate of drug-likeness (QED) is 0.847. The van der Waals surface area contributed by atoms with Crippen molar-refractivity contribution in [2.45, 2.75) is 38.5 Å². The van der Waals surface area contributed by atoms with Crippen LogP contribution in [0.25, 0.3) is 11.1 Å². The zero-order chi connectivity index (χ0) is 17.8. The summed E-state index contributed by atoms with van der Waals surface area (Å²) in [6.07, 6.45) is 4.23. The lowest BCUT2D eigenvalue weighted by atomic mass is 9.89. The SMILES string of the molecule is CCCC(=O)C(=O)N1CCC(c2[nH]ncc2-c2cccc(F)c2)CC1. The normalized spacial score (nSPS) is 15.4. The van der Waals surface area contributed by atoms with E-state index < -0.39 is 0 Å². The minimum absolute atomic E-state index is 0.214. The van der Waals surface area contributed by atoms with E-state index in [0.717, 1.165) is 29.7 Å². The number of nitrogens with one attached hydrogen (secondary N) is 1. The van der Waals surface area contributed by atoms with Crippen molar-refractivity contribution in [3.8, 4) is 11.1 Å². The molecule has 0 spiro atoms. The number of benzene rings is 1. The lowest BCUT2D eigenvalue weighted by Gasteiger charge is -2.31. The number of likely N-dealkylation sites (tertiary alicyclic amines) is 1. The van der Waals surface area contributed by atoms with Gasteiger partial charge in [0.1, 0.15) is 5.82 Å². The Labute approximate surface area is 146 Å². The van der Waals surface area contributed by atoms with Gasteiger partial charge >= 0.3 is 0 Å². The van der Waals surface area contributed by atoms with Crippen LogP contribution in [0.4, 0.5) is 4.39 Å². The molecular weight excluding hydrogens is 321 g/mol. The van der Waals surface area contributed by atoms with Crippen molar-refractivity contribution in [3.63, 3.8) is 0 Å². The van der Waals surface area contributed by atoms with Crippen LogP contribution in [0.3, 0.4) is 0 Å². The van der Waals surface area contributed by atoms with E-state index >= 15 is 0 Å². The third-order valence-corrected chi connectivity index (χ3v) is 4.71. The monoisotopic (exact) mass is 343 g/mol. The lowest BCUT2D eigenvalue weighted by molar-refractivity contribution is -0.145. The maximum Gasteiger partial charge on any atom is 0.289 e.